The first kappa shape index (κ1) is 10.1. The van der Waals surface area contributed by atoms with E-state index in [4.69, 9.17) is 11.6 Å². The van der Waals surface area contributed by atoms with Gasteiger partial charge in [-0.15, -0.1) is 6.58 Å². The highest BCUT2D eigenvalue weighted by Gasteiger charge is 2.01. The van der Waals surface area contributed by atoms with E-state index < -0.39 is 0 Å². The Hall–Kier alpha value is -1.01. The molecule has 0 spiro atoms. The number of halogens is 1. The lowest BCUT2D eigenvalue weighted by Gasteiger charge is -2.05. The minimum absolute atomic E-state index is 0.819. The Kier molecular flexibility index (Phi) is 3.78. The fourth-order valence-corrected chi connectivity index (χ4v) is 1.43. The first-order chi connectivity index (χ1) is 6.25. The zero-order valence-corrected chi connectivity index (χ0v) is 8.51. The molecule has 0 saturated carbocycles. The Bertz CT molecular complexity index is 305. The van der Waals surface area contributed by atoms with Crippen molar-refractivity contribution >= 4 is 17.2 Å². The lowest BCUT2D eigenvalue weighted by molar-refractivity contribution is 1.37. The van der Waals surface area contributed by atoms with Crippen molar-refractivity contribution in [1.82, 2.24) is 0 Å². The van der Waals surface area contributed by atoms with Gasteiger partial charge in [-0.2, -0.15) is 0 Å². The van der Waals surface area contributed by atoms with Crippen molar-refractivity contribution in [2.24, 2.45) is 0 Å². The summed E-state index contributed by atoms with van der Waals surface area (Å²) in [6, 6.07) is 10.1. The molecule has 0 aliphatic rings. The van der Waals surface area contributed by atoms with Crippen LogP contribution in [0.4, 0.5) is 0 Å². The number of hydrogen-bond acceptors (Lipinski definition) is 0. The molecule has 1 rings (SSSR count). The summed E-state index contributed by atoms with van der Waals surface area (Å²) in [5.74, 6) is 0. The monoisotopic (exact) mass is 192 g/mol. The van der Waals surface area contributed by atoms with Crippen molar-refractivity contribution in [2.45, 2.75) is 13.3 Å². The number of allylic oxidation sites excluding steroid dienone is 3. The molecule has 1 heteroatoms. The molecular weight excluding hydrogens is 180 g/mol. The summed E-state index contributed by atoms with van der Waals surface area (Å²) in [7, 11) is 0. The van der Waals surface area contributed by atoms with Crippen LogP contribution >= 0.6 is 11.6 Å². The molecule has 0 unspecified atom stereocenters. The van der Waals surface area contributed by atoms with Crippen LogP contribution in [0.2, 0.25) is 0 Å². The van der Waals surface area contributed by atoms with E-state index in [1.165, 1.54) is 5.56 Å². The van der Waals surface area contributed by atoms with Crippen molar-refractivity contribution in [1.29, 1.82) is 0 Å². The fraction of sp³-hybridized carbons (Fsp3) is 0.167. The van der Waals surface area contributed by atoms with Crippen LogP contribution in [0, 0.1) is 0 Å². The molecule has 0 radical (unpaired) electrons. The molecule has 0 fully saturated rings. The van der Waals surface area contributed by atoms with Gasteiger partial charge in [0.2, 0.25) is 0 Å². The molecule has 68 valence electrons. The van der Waals surface area contributed by atoms with E-state index in [0.717, 1.165) is 17.0 Å². The van der Waals surface area contributed by atoms with Crippen molar-refractivity contribution in [2.75, 3.05) is 0 Å². The van der Waals surface area contributed by atoms with Crippen molar-refractivity contribution in [3.63, 3.8) is 0 Å². The van der Waals surface area contributed by atoms with Gasteiger partial charge in [-0.05, 0) is 24.5 Å². The first-order valence-corrected chi connectivity index (χ1v) is 4.65. The second kappa shape index (κ2) is 4.88. The second-order valence-electron chi connectivity index (χ2n) is 2.87. The summed E-state index contributed by atoms with van der Waals surface area (Å²) in [5.41, 5.74) is 2.33. The lowest BCUT2D eigenvalue weighted by Crippen LogP contribution is -1.83. The third-order valence-electron chi connectivity index (χ3n) is 1.89. The van der Waals surface area contributed by atoms with E-state index in [2.05, 4.69) is 18.7 Å². The van der Waals surface area contributed by atoms with E-state index in [0.29, 0.717) is 0 Å². The van der Waals surface area contributed by atoms with Gasteiger partial charge in [0.1, 0.15) is 0 Å². The SMILES string of the molecule is C=CC/C(=C(/C)Cl)c1ccccc1. The van der Waals surface area contributed by atoms with Crippen molar-refractivity contribution in [3.05, 3.63) is 53.6 Å². The van der Waals surface area contributed by atoms with Gasteiger partial charge in [0.05, 0.1) is 0 Å². The molecule has 0 saturated heterocycles. The molecule has 0 nitrogen and oxygen atoms in total. The van der Waals surface area contributed by atoms with E-state index in [9.17, 15) is 0 Å². The Morgan fingerprint density at radius 1 is 1.38 bits per heavy atom. The van der Waals surface area contributed by atoms with E-state index in [1.807, 2.05) is 31.2 Å². The Balaban J connectivity index is 3.04. The van der Waals surface area contributed by atoms with E-state index in [1.54, 1.807) is 0 Å². The van der Waals surface area contributed by atoms with Crippen molar-refractivity contribution < 1.29 is 0 Å². The van der Waals surface area contributed by atoms with Crippen molar-refractivity contribution in [3.8, 4) is 0 Å². The Morgan fingerprint density at radius 2 is 2.00 bits per heavy atom. The van der Waals surface area contributed by atoms with Crippen LogP contribution in [0.15, 0.2) is 48.0 Å². The molecular formula is C12H13Cl. The fourth-order valence-electron chi connectivity index (χ4n) is 1.24. The summed E-state index contributed by atoms with van der Waals surface area (Å²) < 4.78 is 0. The average molecular weight is 193 g/mol. The standard InChI is InChI=1S/C12H13Cl/c1-3-7-12(10(2)13)11-8-5-4-6-9-11/h3-6,8-9H,1,7H2,2H3/b12-10+. The molecule has 0 aliphatic carbocycles. The maximum absolute atomic E-state index is 5.99. The summed E-state index contributed by atoms with van der Waals surface area (Å²) >= 11 is 5.99. The van der Waals surface area contributed by atoms with Crippen LogP contribution in [-0.4, -0.2) is 0 Å². The van der Waals surface area contributed by atoms with Gasteiger partial charge in [0.15, 0.2) is 0 Å². The maximum atomic E-state index is 5.99. The zero-order chi connectivity index (χ0) is 9.68. The maximum Gasteiger partial charge on any atom is 0.0191 e. The molecule has 1 aromatic rings. The van der Waals surface area contributed by atoms with E-state index in [-0.39, 0.29) is 0 Å². The van der Waals surface area contributed by atoms with Gasteiger partial charge in [-0.1, -0.05) is 48.0 Å². The largest absolute Gasteiger partial charge is 0.103 e. The normalized spacial score (nSPS) is 12.2. The molecule has 0 heterocycles. The molecule has 0 amide bonds. The van der Waals surface area contributed by atoms with Gasteiger partial charge in [-0.25, -0.2) is 0 Å². The van der Waals surface area contributed by atoms with Gasteiger partial charge in [0, 0.05) is 5.03 Å². The van der Waals surface area contributed by atoms with Crippen LogP contribution in [0.5, 0.6) is 0 Å². The first-order valence-electron chi connectivity index (χ1n) is 4.27. The van der Waals surface area contributed by atoms with Gasteiger partial charge in [0.25, 0.3) is 0 Å². The highest BCUT2D eigenvalue weighted by molar-refractivity contribution is 6.32. The average Bonchev–Trinajstić information content (AvgIpc) is 2.15. The number of benzene rings is 1. The van der Waals surface area contributed by atoms with Crippen LogP contribution in [0.3, 0.4) is 0 Å². The van der Waals surface area contributed by atoms with Crippen LogP contribution in [-0.2, 0) is 0 Å². The summed E-state index contributed by atoms with van der Waals surface area (Å²) in [6.07, 6.45) is 2.69. The highest BCUT2D eigenvalue weighted by Crippen LogP contribution is 2.24. The van der Waals surface area contributed by atoms with Gasteiger partial charge in [-0.3, -0.25) is 0 Å². The molecule has 0 bridgehead atoms. The highest BCUT2D eigenvalue weighted by atomic mass is 35.5. The summed E-state index contributed by atoms with van der Waals surface area (Å²) in [5, 5.41) is 0.839. The second-order valence-corrected chi connectivity index (χ2v) is 3.44. The molecule has 0 N–H and O–H groups in total. The topological polar surface area (TPSA) is 0 Å². The molecule has 0 atom stereocenters. The van der Waals surface area contributed by atoms with Gasteiger partial charge >= 0.3 is 0 Å². The minimum atomic E-state index is 0.819. The Morgan fingerprint density at radius 3 is 2.46 bits per heavy atom. The lowest BCUT2D eigenvalue weighted by atomic mass is 10.0. The third kappa shape index (κ3) is 2.74. The van der Waals surface area contributed by atoms with Gasteiger partial charge < -0.3 is 0 Å². The van der Waals surface area contributed by atoms with E-state index >= 15 is 0 Å². The smallest absolute Gasteiger partial charge is 0.0191 e. The summed E-state index contributed by atoms with van der Waals surface area (Å²) in [6.45, 7) is 5.63. The molecule has 1 aromatic carbocycles. The van der Waals surface area contributed by atoms with Crippen LogP contribution in [0.25, 0.3) is 5.57 Å². The molecule has 13 heavy (non-hydrogen) atoms. The molecule has 0 aromatic heterocycles. The number of hydrogen-bond donors (Lipinski definition) is 0. The number of rotatable bonds is 3. The predicted molar refractivity (Wildman–Crippen MR) is 59.7 cm³/mol. The minimum Gasteiger partial charge on any atom is -0.103 e. The quantitative estimate of drug-likeness (QED) is 0.629. The predicted octanol–water partition coefficient (Wildman–Crippen LogP) is 4.23. The molecule has 0 aliphatic heterocycles. The zero-order valence-electron chi connectivity index (χ0n) is 7.76. The van der Waals surface area contributed by atoms with Crippen LogP contribution in [0.1, 0.15) is 18.9 Å². The Labute approximate surface area is 84.5 Å². The summed E-state index contributed by atoms with van der Waals surface area (Å²) in [4.78, 5) is 0. The third-order valence-corrected chi connectivity index (χ3v) is 2.11. The van der Waals surface area contributed by atoms with Crippen LogP contribution < -0.4 is 0 Å².